The Morgan fingerprint density at radius 2 is 2.10 bits per heavy atom. The van der Waals surface area contributed by atoms with E-state index in [1.807, 2.05) is 11.8 Å². The lowest BCUT2D eigenvalue weighted by Gasteiger charge is -2.40. The molecule has 4 nitrogen and oxygen atoms in total. The molecule has 0 radical (unpaired) electrons. The van der Waals surface area contributed by atoms with Gasteiger partial charge in [0.05, 0.1) is 11.3 Å². The van der Waals surface area contributed by atoms with Crippen LogP contribution in [0.3, 0.4) is 0 Å². The number of methoxy groups -OCH3 is 1. The second-order valence-corrected chi connectivity index (χ2v) is 6.18. The van der Waals surface area contributed by atoms with E-state index in [9.17, 15) is 0 Å². The number of nitrogens with two attached hydrogens (primary N) is 1. The number of hydrogen-bond donors (Lipinski definition) is 1. The van der Waals surface area contributed by atoms with Gasteiger partial charge in [0.15, 0.2) is 0 Å². The second kappa shape index (κ2) is 6.72. The minimum atomic E-state index is -0.140. The minimum Gasteiger partial charge on any atom is -0.377 e. The Labute approximate surface area is 122 Å². The summed E-state index contributed by atoms with van der Waals surface area (Å²) < 4.78 is 7.87. The summed E-state index contributed by atoms with van der Waals surface area (Å²) in [5, 5.41) is 4.66. The molecule has 1 fully saturated rings. The molecule has 0 bridgehead atoms. The molecule has 2 unspecified atom stereocenters. The molecule has 0 amide bonds. The fraction of sp³-hybridized carbons (Fsp3) is 0.812. The predicted molar refractivity (Wildman–Crippen MR) is 81.7 cm³/mol. The van der Waals surface area contributed by atoms with Gasteiger partial charge in [-0.25, -0.2) is 0 Å². The minimum absolute atomic E-state index is 0.0353. The number of aromatic nitrogens is 2. The fourth-order valence-electron chi connectivity index (χ4n) is 3.21. The lowest BCUT2D eigenvalue weighted by atomic mass is 9.78. The van der Waals surface area contributed by atoms with E-state index in [0.717, 1.165) is 31.4 Å². The molecule has 114 valence electrons. The van der Waals surface area contributed by atoms with E-state index in [2.05, 4.69) is 31.2 Å². The van der Waals surface area contributed by atoms with Crippen molar-refractivity contribution in [3.63, 3.8) is 0 Å². The maximum Gasteiger partial charge on any atom is 0.0832 e. The molecule has 4 heteroatoms. The van der Waals surface area contributed by atoms with E-state index in [1.54, 1.807) is 0 Å². The third-order valence-electron chi connectivity index (χ3n) is 4.92. The molecule has 1 saturated carbocycles. The summed E-state index contributed by atoms with van der Waals surface area (Å²) in [5.74, 6) is 0. The van der Waals surface area contributed by atoms with Gasteiger partial charge in [-0.05, 0) is 32.3 Å². The topological polar surface area (TPSA) is 53.1 Å². The van der Waals surface area contributed by atoms with Crippen molar-refractivity contribution >= 4 is 0 Å². The number of ether oxygens (including phenoxy) is 1. The van der Waals surface area contributed by atoms with Crippen molar-refractivity contribution in [3.05, 3.63) is 18.0 Å². The molecule has 1 aromatic rings. The molecule has 0 spiro atoms. The van der Waals surface area contributed by atoms with Gasteiger partial charge < -0.3 is 10.5 Å². The van der Waals surface area contributed by atoms with Gasteiger partial charge in [-0.2, -0.15) is 5.10 Å². The number of hydrogen-bond acceptors (Lipinski definition) is 3. The maximum absolute atomic E-state index is 6.47. The molecule has 1 aliphatic rings. The third-order valence-corrected chi connectivity index (χ3v) is 4.92. The molecule has 2 N–H and O–H groups in total. The van der Waals surface area contributed by atoms with Crippen molar-refractivity contribution in [2.24, 2.45) is 5.73 Å². The summed E-state index contributed by atoms with van der Waals surface area (Å²) in [5.41, 5.74) is 7.41. The highest BCUT2D eigenvalue weighted by Gasteiger charge is 2.38. The molecular formula is C16H29N3O. The fourth-order valence-corrected chi connectivity index (χ4v) is 3.21. The highest BCUT2D eigenvalue weighted by Crippen LogP contribution is 2.34. The van der Waals surface area contributed by atoms with Crippen molar-refractivity contribution in [2.75, 3.05) is 7.11 Å². The van der Waals surface area contributed by atoms with Crippen LogP contribution in [0.1, 0.15) is 64.1 Å². The third kappa shape index (κ3) is 3.23. The van der Waals surface area contributed by atoms with Gasteiger partial charge in [0.2, 0.25) is 0 Å². The monoisotopic (exact) mass is 279 g/mol. The predicted octanol–water partition coefficient (Wildman–Crippen LogP) is 3.07. The molecule has 0 aliphatic heterocycles. The van der Waals surface area contributed by atoms with Crippen molar-refractivity contribution < 1.29 is 4.74 Å². The normalized spacial score (nSPS) is 21.6. The summed E-state index contributed by atoms with van der Waals surface area (Å²) in [6.07, 6.45) is 9.88. The Hall–Kier alpha value is -0.870. The molecule has 1 aliphatic carbocycles. The molecule has 2 atom stereocenters. The SMILES string of the molecule is CCC(C)n1ccc(CC(N)C2(OC)CCCCC2)n1. The average Bonchev–Trinajstić information content (AvgIpc) is 2.95. The lowest BCUT2D eigenvalue weighted by molar-refractivity contribution is -0.0584. The van der Waals surface area contributed by atoms with Crippen LogP contribution in [0.15, 0.2) is 12.3 Å². The van der Waals surface area contributed by atoms with E-state index in [4.69, 9.17) is 10.5 Å². The zero-order valence-corrected chi connectivity index (χ0v) is 13.1. The quantitative estimate of drug-likeness (QED) is 0.870. The van der Waals surface area contributed by atoms with E-state index in [1.165, 1.54) is 19.3 Å². The smallest absolute Gasteiger partial charge is 0.0832 e. The maximum atomic E-state index is 6.47. The summed E-state index contributed by atoms with van der Waals surface area (Å²) in [6, 6.07) is 2.58. The van der Waals surface area contributed by atoms with Crippen LogP contribution in [-0.2, 0) is 11.2 Å². The van der Waals surface area contributed by atoms with Gasteiger partial charge in [-0.15, -0.1) is 0 Å². The highest BCUT2D eigenvalue weighted by atomic mass is 16.5. The van der Waals surface area contributed by atoms with Gasteiger partial charge in [-0.1, -0.05) is 26.2 Å². The highest BCUT2D eigenvalue weighted by molar-refractivity contribution is 5.06. The van der Waals surface area contributed by atoms with Crippen LogP contribution in [0.25, 0.3) is 0 Å². The van der Waals surface area contributed by atoms with Crippen molar-refractivity contribution in [3.8, 4) is 0 Å². The van der Waals surface area contributed by atoms with Gasteiger partial charge >= 0.3 is 0 Å². The zero-order chi connectivity index (χ0) is 14.6. The van der Waals surface area contributed by atoms with Crippen LogP contribution >= 0.6 is 0 Å². The first kappa shape index (κ1) is 15.5. The van der Waals surface area contributed by atoms with Crippen LogP contribution < -0.4 is 5.73 Å². The first-order valence-corrected chi connectivity index (χ1v) is 7.96. The zero-order valence-electron chi connectivity index (χ0n) is 13.1. The van der Waals surface area contributed by atoms with E-state index >= 15 is 0 Å². The second-order valence-electron chi connectivity index (χ2n) is 6.18. The van der Waals surface area contributed by atoms with Crippen LogP contribution in [0.5, 0.6) is 0 Å². The molecule has 0 saturated heterocycles. The van der Waals surface area contributed by atoms with Gasteiger partial charge in [-0.3, -0.25) is 4.68 Å². The summed E-state index contributed by atoms with van der Waals surface area (Å²) in [6.45, 7) is 4.37. The Morgan fingerprint density at radius 3 is 2.70 bits per heavy atom. The van der Waals surface area contributed by atoms with Crippen molar-refractivity contribution in [1.82, 2.24) is 9.78 Å². The van der Waals surface area contributed by atoms with E-state index in [0.29, 0.717) is 6.04 Å². The van der Waals surface area contributed by atoms with E-state index in [-0.39, 0.29) is 11.6 Å². The lowest BCUT2D eigenvalue weighted by Crippen LogP contribution is -2.52. The molecule has 1 aromatic heterocycles. The summed E-state index contributed by atoms with van der Waals surface area (Å²) in [7, 11) is 1.81. The summed E-state index contributed by atoms with van der Waals surface area (Å²) in [4.78, 5) is 0. The van der Waals surface area contributed by atoms with Crippen molar-refractivity contribution in [1.29, 1.82) is 0 Å². The molecule has 1 heterocycles. The number of rotatable bonds is 6. The van der Waals surface area contributed by atoms with Crippen LogP contribution in [0, 0.1) is 0 Å². The van der Waals surface area contributed by atoms with Gasteiger partial charge in [0.1, 0.15) is 0 Å². The molecule has 2 rings (SSSR count). The van der Waals surface area contributed by atoms with Crippen LogP contribution in [-0.4, -0.2) is 28.5 Å². The first-order chi connectivity index (χ1) is 9.61. The first-order valence-electron chi connectivity index (χ1n) is 7.96. The van der Waals surface area contributed by atoms with Crippen LogP contribution in [0.4, 0.5) is 0 Å². The van der Waals surface area contributed by atoms with Crippen molar-refractivity contribution in [2.45, 2.75) is 76.5 Å². The van der Waals surface area contributed by atoms with E-state index < -0.39 is 0 Å². The van der Waals surface area contributed by atoms with Gasteiger partial charge in [0.25, 0.3) is 0 Å². The standard InChI is InChI=1S/C16H29N3O/c1-4-13(2)19-11-8-14(18-19)12-15(17)16(20-3)9-6-5-7-10-16/h8,11,13,15H,4-7,9-10,12,17H2,1-3H3. The summed E-state index contributed by atoms with van der Waals surface area (Å²) >= 11 is 0. The Morgan fingerprint density at radius 1 is 1.40 bits per heavy atom. The van der Waals surface area contributed by atoms with Gasteiger partial charge in [0, 0.05) is 31.8 Å². The molecule has 20 heavy (non-hydrogen) atoms. The molecular weight excluding hydrogens is 250 g/mol. The number of nitrogens with zero attached hydrogens (tertiary/aromatic N) is 2. The Bertz CT molecular complexity index is 410. The largest absolute Gasteiger partial charge is 0.377 e. The average molecular weight is 279 g/mol. The van der Waals surface area contributed by atoms with Crippen LogP contribution in [0.2, 0.25) is 0 Å². The molecule has 0 aromatic carbocycles. The Kier molecular flexibility index (Phi) is 5.22. The Balaban J connectivity index is 2.02.